The number of halogens is 1. The van der Waals surface area contributed by atoms with Crippen molar-refractivity contribution in [2.45, 2.75) is 37.4 Å². The van der Waals surface area contributed by atoms with Crippen LogP contribution in [-0.2, 0) is 0 Å². The Hall–Kier alpha value is -1.85. The van der Waals surface area contributed by atoms with Gasteiger partial charge < -0.3 is 10.6 Å². The molecule has 2 aliphatic heterocycles. The average molecular weight is 317 g/mol. The van der Waals surface area contributed by atoms with Crippen LogP contribution in [0, 0.1) is 0 Å². The topological polar surface area (TPSA) is 59.0 Å². The summed E-state index contributed by atoms with van der Waals surface area (Å²) in [6.07, 6.45) is 6.80. The standard InChI is InChI=1S/C16H17ClN4O/c17-12-3-1-2-10(6-12)11-8-18-21(9-11)16(22)20-15-7-13-4-5-14(15)19-13/h1-3,6,8-9,13-15,19H,4-5,7H2,(H,20,22)/t13-,14+,15-/m1/s1. The van der Waals surface area contributed by atoms with Gasteiger partial charge in [0.15, 0.2) is 0 Å². The first-order valence-corrected chi connectivity index (χ1v) is 7.94. The van der Waals surface area contributed by atoms with Crippen molar-refractivity contribution in [2.75, 3.05) is 0 Å². The van der Waals surface area contributed by atoms with Gasteiger partial charge in [0.25, 0.3) is 0 Å². The first-order valence-electron chi connectivity index (χ1n) is 7.56. The van der Waals surface area contributed by atoms with Gasteiger partial charge in [0.1, 0.15) is 0 Å². The van der Waals surface area contributed by atoms with Crippen LogP contribution < -0.4 is 10.6 Å². The Morgan fingerprint density at radius 2 is 2.27 bits per heavy atom. The Kier molecular flexibility index (Phi) is 3.39. The number of rotatable bonds is 2. The molecule has 2 bridgehead atoms. The molecule has 0 aliphatic carbocycles. The zero-order valence-corrected chi connectivity index (χ0v) is 12.8. The highest BCUT2D eigenvalue weighted by Crippen LogP contribution is 2.28. The number of nitrogens with zero attached hydrogens (tertiary/aromatic N) is 2. The van der Waals surface area contributed by atoms with E-state index in [1.807, 2.05) is 24.3 Å². The van der Waals surface area contributed by atoms with Gasteiger partial charge in [-0.1, -0.05) is 23.7 Å². The third-order valence-electron chi connectivity index (χ3n) is 4.56. The lowest BCUT2D eigenvalue weighted by molar-refractivity contribution is 0.233. The Balaban J connectivity index is 1.48. The molecule has 1 aromatic heterocycles. The molecule has 1 amide bonds. The first kappa shape index (κ1) is 13.8. The molecule has 2 aromatic rings. The van der Waals surface area contributed by atoms with Gasteiger partial charge in [-0.15, -0.1) is 0 Å². The van der Waals surface area contributed by atoms with Crippen LogP contribution in [0.3, 0.4) is 0 Å². The van der Waals surface area contributed by atoms with Gasteiger partial charge in [0.2, 0.25) is 0 Å². The molecule has 0 spiro atoms. The Labute approximate surface area is 133 Å². The van der Waals surface area contributed by atoms with Gasteiger partial charge in [-0.05, 0) is 37.0 Å². The van der Waals surface area contributed by atoms with E-state index in [4.69, 9.17) is 11.6 Å². The maximum atomic E-state index is 12.3. The second-order valence-electron chi connectivity index (χ2n) is 6.02. The molecule has 22 heavy (non-hydrogen) atoms. The molecule has 2 N–H and O–H groups in total. The molecule has 5 nitrogen and oxygen atoms in total. The minimum absolute atomic E-state index is 0.173. The van der Waals surface area contributed by atoms with E-state index >= 15 is 0 Å². The van der Waals surface area contributed by atoms with Crippen molar-refractivity contribution in [3.63, 3.8) is 0 Å². The normalized spacial score (nSPS) is 26.3. The van der Waals surface area contributed by atoms with Crippen molar-refractivity contribution < 1.29 is 4.79 Å². The zero-order valence-electron chi connectivity index (χ0n) is 12.0. The van der Waals surface area contributed by atoms with Crippen molar-refractivity contribution in [3.05, 3.63) is 41.7 Å². The molecular weight excluding hydrogens is 300 g/mol. The van der Waals surface area contributed by atoms with Crippen molar-refractivity contribution >= 4 is 17.6 Å². The lowest BCUT2D eigenvalue weighted by atomic mass is 9.96. The monoisotopic (exact) mass is 316 g/mol. The third kappa shape index (κ3) is 2.51. The molecule has 3 heterocycles. The van der Waals surface area contributed by atoms with Gasteiger partial charge in [-0.2, -0.15) is 9.78 Å². The summed E-state index contributed by atoms with van der Waals surface area (Å²) < 4.78 is 1.36. The Bertz CT molecular complexity index is 714. The molecule has 2 aliphatic rings. The summed E-state index contributed by atoms with van der Waals surface area (Å²) in [4.78, 5) is 12.3. The van der Waals surface area contributed by atoms with Gasteiger partial charge in [0.05, 0.1) is 6.20 Å². The number of carbonyl (C=O) groups is 1. The maximum Gasteiger partial charge on any atom is 0.342 e. The molecule has 0 unspecified atom stereocenters. The summed E-state index contributed by atoms with van der Waals surface area (Å²) in [6, 6.07) is 8.54. The number of benzene rings is 1. The lowest BCUT2D eigenvalue weighted by Crippen LogP contribution is -2.44. The van der Waals surface area contributed by atoms with Crippen LogP contribution in [0.4, 0.5) is 4.79 Å². The molecule has 2 fully saturated rings. The number of hydrogen-bond acceptors (Lipinski definition) is 3. The molecule has 6 heteroatoms. The summed E-state index contributed by atoms with van der Waals surface area (Å²) in [5.74, 6) is 0. The van der Waals surface area contributed by atoms with Crippen LogP contribution in [0.1, 0.15) is 19.3 Å². The van der Waals surface area contributed by atoms with Crippen LogP contribution in [0.25, 0.3) is 11.1 Å². The van der Waals surface area contributed by atoms with Gasteiger partial charge in [0, 0.05) is 34.9 Å². The highest BCUT2D eigenvalue weighted by atomic mass is 35.5. The summed E-state index contributed by atoms with van der Waals surface area (Å²) >= 11 is 6.00. The van der Waals surface area contributed by atoms with E-state index in [0.717, 1.165) is 24.0 Å². The Morgan fingerprint density at radius 3 is 3.00 bits per heavy atom. The zero-order chi connectivity index (χ0) is 15.1. The van der Waals surface area contributed by atoms with Crippen LogP contribution in [0.15, 0.2) is 36.7 Å². The molecule has 4 rings (SSSR count). The summed E-state index contributed by atoms with van der Waals surface area (Å²) in [6.45, 7) is 0. The molecule has 0 saturated carbocycles. The average Bonchev–Trinajstić information content (AvgIpc) is 3.23. The minimum atomic E-state index is -0.173. The molecule has 0 radical (unpaired) electrons. The molecular formula is C16H17ClN4O. The number of aromatic nitrogens is 2. The van der Waals surface area contributed by atoms with E-state index in [9.17, 15) is 4.79 Å². The van der Waals surface area contributed by atoms with E-state index in [1.54, 1.807) is 12.4 Å². The van der Waals surface area contributed by atoms with Crippen LogP contribution in [0.2, 0.25) is 5.02 Å². The van der Waals surface area contributed by atoms with Gasteiger partial charge >= 0.3 is 6.03 Å². The maximum absolute atomic E-state index is 12.3. The van der Waals surface area contributed by atoms with Crippen LogP contribution >= 0.6 is 11.6 Å². The smallest absolute Gasteiger partial charge is 0.332 e. The number of amides is 1. The summed E-state index contributed by atoms with van der Waals surface area (Å²) in [7, 11) is 0. The van der Waals surface area contributed by atoms with E-state index in [-0.39, 0.29) is 12.1 Å². The Morgan fingerprint density at radius 1 is 1.36 bits per heavy atom. The van der Waals surface area contributed by atoms with Crippen molar-refractivity contribution in [3.8, 4) is 11.1 Å². The largest absolute Gasteiger partial charge is 0.342 e. The minimum Gasteiger partial charge on any atom is -0.332 e. The quantitative estimate of drug-likeness (QED) is 0.895. The second-order valence-corrected chi connectivity index (χ2v) is 6.46. The fourth-order valence-electron chi connectivity index (χ4n) is 3.46. The number of nitrogens with one attached hydrogen (secondary N) is 2. The van der Waals surface area contributed by atoms with Crippen LogP contribution in [0.5, 0.6) is 0 Å². The van der Waals surface area contributed by atoms with Crippen molar-refractivity contribution in [1.29, 1.82) is 0 Å². The predicted molar refractivity (Wildman–Crippen MR) is 85.0 cm³/mol. The number of carbonyl (C=O) groups excluding carboxylic acids is 1. The SMILES string of the molecule is O=C(N[C@@H]1C[C@H]2CC[C@@H]1N2)n1cc(-c2cccc(Cl)c2)cn1. The van der Waals surface area contributed by atoms with Crippen LogP contribution in [-0.4, -0.2) is 33.9 Å². The highest BCUT2D eigenvalue weighted by molar-refractivity contribution is 6.30. The van der Waals surface area contributed by atoms with E-state index in [0.29, 0.717) is 17.1 Å². The predicted octanol–water partition coefficient (Wildman–Crippen LogP) is 2.65. The highest BCUT2D eigenvalue weighted by Gasteiger charge is 2.39. The van der Waals surface area contributed by atoms with Gasteiger partial charge in [-0.3, -0.25) is 0 Å². The van der Waals surface area contributed by atoms with E-state index in [2.05, 4.69) is 15.7 Å². The van der Waals surface area contributed by atoms with Crippen molar-refractivity contribution in [1.82, 2.24) is 20.4 Å². The second kappa shape index (κ2) is 5.41. The molecule has 3 atom stereocenters. The summed E-state index contributed by atoms with van der Waals surface area (Å²) in [5, 5.41) is 11.4. The van der Waals surface area contributed by atoms with E-state index < -0.39 is 0 Å². The van der Waals surface area contributed by atoms with E-state index in [1.165, 1.54) is 11.1 Å². The molecule has 114 valence electrons. The summed E-state index contributed by atoms with van der Waals surface area (Å²) in [5.41, 5.74) is 1.83. The number of hydrogen-bond donors (Lipinski definition) is 2. The fourth-order valence-corrected chi connectivity index (χ4v) is 3.65. The molecule has 1 aromatic carbocycles. The van der Waals surface area contributed by atoms with Gasteiger partial charge in [-0.25, -0.2) is 4.79 Å². The lowest BCUT2D eigenvalue weighted by Gasteiger charge is -2.21. The fraction of sp³-hybridized carbons (Fsp3) is 0.375. The number of fused-ring (bicyclic) bond motifs is 2. The molecule has 2 saturated heterocycles. The third-order valence-corrected chi connectivity index (χ3v) is 4.79. The first-order chi connectivity index (χ1) is 10.7. The van der Waals surface area contributed by atoms with Crippen molar-refractivity contribution in [2.24, 2.45) is 0 Å².